The Kier molecular flexibility index (Phi) is 4.36. The summed E-state index contributed by atoms with van der Waals surface area (Å²) in [5.74, 6) is 2.28. The lowest BCUT2D eigenvalue weighted by molar-refractivity contribution is -0.145. The number of aromatic nitrogens is 4. The van der Waals surface area contributed by atoms with E-state index in [1.165, 1.54) is 0 Å². The van der Waals surface area contributed by atoms with Gasteiger partial charge in [-0.2, -0.15) is 0 Å². The third kappa shape index (κ3) is 3.05. The monoisotopic (exact) mass is 357 g/mol. The second-order valence-electron chi connectivity index (χ2n) is 7.08. The Morgan fingerprint density at radius 3 is 2.81 bits per heavy atom. The van der Waals surface area contributed by atoms with Gasteiger partial charge in [-0.3, -0.25) is 9.78 Å². The van der Waals surface area contributed by atoms with Crippen molar-refractivity contribution in [3.8, 4) is 5.75 Å². The zero-order valence-electron chi connectivity index (χ0n) is 15.0. The molecular formula is C18H23N5O3. The zero-order valence-corrected chi connectivity index (χ0v) is 15.0. The summed E-state index contributed by atoms with van der Waals surface area (Å²) in [4.78, 5) is 18.7. The van der Waals surface area contributed by atoms with Crippen molar-refractivity contribution in [1.82, 2.24) is 24.6 Å². The highest BCUT2D eigenvalue weighted by atomic mass is 16.5. The molecule has 1 amide bonds. The third-order valence-corrected chi connectivity index (χ3v) is 5.26. The van der Waals surface area contributed by atoms with Gasteiger partial charge >= 0.3 is 0 Å². The number of rotatable bonds is 4. The molecule has 138 valence electrons. The molecule has 2 aromatic heterocycles. The first kappa shape index (κ1) is 17.0. The molecule has 26 heavy (non-hydrogen) atoms. The lowest BCUT2D eigenvalue weighted by Gasteiger charge is -2.39. The number of amides is 1. The van der Waals surface area contributed by atoms with Crippen LogP contribution in [-0.2, 0) is 17.9 Å². The summed E-state index contributed by atoms with van der Waals surface area (Å²) < 4.78 is 7.80. The minimum Gasteiger partial charge on any atom is -0.484 e. The molecule has 8 heteroatoms. The van der Waals surface area contributed by atoms with Crippen LogP contribution in [0.15, 0.2) is 18.3 Å². The van der Waals surface area contributed by atoms with Crippen LogP contribution in [0.25, 0.3) is 0 Å². The molecule has 8 nitrogen and oxygen atoms in total. The SMILES string of the molecule is Cc1ccc(OCc2nnc3n2CCN(C(=O)C2CC(O)C2)[C@@H]3C)cn1. The molecule has 0 saturated heterocycles. The van der Waals surface area contributed by atoms with E-state index in [0.717, 1.165) is 17.3 Å². The molecule has 0 aromatic carbocycles. The van der Waals surface area contributed by atoms with Crippen LogP contribution in [-0.4, -0.2) is 48.3 Å². The van der Waals surface area contributed by atoms with Crippen LogP contribution in [0, 0.1) is 12.8 Å². The maximum atomic E-state index is 12.6. The molecule has 3 heterocycles. The summed E-state index contributed by atoms with van der Waals surface area (Å²) in [6.07, 6.45) is 2.50. The maximum absolute atomic E-state index is 12.6. The molecule has 0 radical (unpaired) electrons. The Balaban J connectivity index is 1.43. The number of aliphatic hydroxyl groups is 1. The van der Waals surface area contributed by atoms with E-state index in [0.29, 0.717) is 38.3 Å². The van der Waals surface area contributed by atoms with E-state index in [4.69, 9.17) is 4.74 Å². The van der Waals surface area contributed by atoms with Crippen LogP contribution in [0.1, 0.15) is 43.1 Å². The zero-order chi connectivity index (χ0) is 18.3. The van der Waals surface area contributed by atoms with Crippen LogP contribution in [0.4, 0.5) is 0 Å². The topological polar surface area (TPSA) is 93.4 Å². The van der Waals surface area contributed by atoms with E-state index in [1.807, 2.05) is 35.4 Å². The minimum absolute atomic E-state index is 0.0567. The fourth-order valence-electron chi connectivity index (χ4n) is 3.56. The molecule has 1 atom stereocenters. The van der Waals surface area contributed by atoms with E-state index in [9.17, 15) is 9.90 Å². The van der Waals surface area contributed by atoms with Gasteiger partial charge in [-0.05, 0) is 38.8 Å². The van der Waals surface area contributed by atoms with Crippen molar-refractivity contribution in [2.75, 3.05) is 6.54 Å². The Morgan fingerprint density at radius 2 is 2.12 bits per heavy atom. The molecule has 1 N–H and O–H groups in total. The molecule has 4 rings (SSSR count). The minimum atomic E-state index is -0.326. The van der Waals surface area contributed by atoms with Crippen molar-refractivity contribution in [2.24, 2.45) is 5.92 Å². The molecular weight excluding hydrogens is 334 g/mol. The number of ether oxygens (including phenoxy) is 1. The van der Waals surface area contributed by atoms with E-state index < -0.39 is 0 Å². The molecule has 1 saturated carbocycles. The molecule has 1 fully saturated rings. The van der Waals surface area contributed by atoms with Crippen molar-refractivity contribution < 1.29 is 14.6 Å². The Morgan fingerprint density at radius 1 is 1.31 bits per heavy atom. The number of carbonyl (C=O) groups is 1. The predicted octanol–water partition coefficient (Wildman–Crippen LogP) is 1.23. The number of nitrogens with zero attached hydrogens (tertiary/aromatic N) is 5. The molecule has 2 aliphatic rings. The van der Waals surface area contributed by atoms with Crippen molar-refractivity contribution in [2.45, 2.75) is 52.0 Å². The average molecular weight is 357 g/mol. The highest BCUT2D eigenvalue weighted by Gasteiger charge is 2.39. The Hall–Kier alpha value is -2.48. The molecule has 0 spiro atoms. The summed E-state index contributed by atoms with van der Waals surface area (Å²) in [5.41, 5.74) is 0.940. The Bertz CT molecular complexity index is 798. The molecule has 2 aromatic rings. The van der Waals surface area contributed by atoms with Crippen LogP contribution < -0.4 is 4.74 Å². The first-order chi connectivity index (χ1) is 12.5. The first-order valence-electron chi connectivity index (χ1n) is 8.99. The third-order valence-electron chi connectivity index (χ3n) is 5.26. The van der Waals surface area contributed by atoms with Crippen LogP contribution >= 0.6 is 0 Å². The summed E-state index contributed by atoms with van der Waals surface area (Å²) in [6, 6.07) is 3.65. The number of aliphatic hydroxyl groups excluding tert-OH is 1. The van der Waals surface area contributed by atoms with E-state index in [2.05, 4.69) is 15.2 Å². The molecule has 0 bridgehead atoms. The van der Waals surface area contributed by atoms with Crippen molar-refractivity contribution in [1.29, 1.82) is 0 Å². The summed E-state index contributed by atoms with van der Waals surface area (Å²) >= 11 is 0. The summed E-state index contributed by atoms with van der Waals surface area (Å²) in [5, 5.41) is 18.0. The smallest absolute Gasteiger partial charge is 0.226 e. The lowest BCUT2D eigenvalue weighted by Crippen LogP contribution is -2.48. The van der Waals surface area contributed by atoms with E-state index in [-0.39, 0.29) is 24.0 Å². The van der Waals surface area contributed by atoms with Gasteiger partial charge in [0.2, 0.25) is 5.91 Å². The van der Waals surface area contributed by atoms with Crippen LogP contribution in [0.3, 0.4) is 0 Å². The van der Waals surface area contributed by atoms with Gasteiger partial charge < -0.3 is 19.3 Å². The second kappa shape index (κ2) is 6.68. The van der Waals surface area contributed by atoms with Gasteiger partial charge in [0.1, 0.15) is 12.4 Å². The van der Waals surface area contributed by atoms with Gasteiger partial charge in [0, 0.05) is 24.7 Å². The van der Waals surface area contributed by atoms with Crippen LogP contribution in [0.5, 0.6) is 5.75 Å². The average Bonchev–Trinajstić information content (AvgIpc) is 3.02. The number of hydrogen-bond acceptors (Lipinski definition) is 6. The number of hydrogen-bond donors (Lipinski definition) is 1. The largest absolute Gasteiger partial charge is 0.484 e. The highest BCUT2D eigenvalue weighted by Crippen LogP contribution is 2.33. The summed E-state index contributed by atoms with van der Waals surface area (Å²) in [6.45, 7) is 5.49. The van der Waals surface area contributed by atoms with Crippen molar-refractivity contribution in [3.63, 3.8) is 0 Å². The predicted molar refractivity (Wildman–Crippen MR) is 92.2 cm³/mol. The first-order valence-corrected chi connectivity index (χ1v) is 8.99. The van der Waals surface area contributed by atoms with Gasteiger partial charge in [0.15, 0.2) is 11.6 Å². The lowest BCUT2D eigenvalue weighted by atomic mass is 9.81. The quantitative estimate of drug-likeness (QED) is 0.885. The number of carbonyl (C=O) groups excluding carboxylic acids is 1. The summed E-state index contributed by atoms with van der Waals surface area (Å²) in [7, 11) is 0. The van der Waals surface area contributed by atoms with Gasteiger partial charge in [0.25, 0.3) is 0 Å². The van der Waals surface area contributed by atoms with E-state index in [1.54, 1.807) is 6.20 Å². The van der Waals surface area contributed by atoms with Gasteiger partial charge in [-0.15, -0.1) is 10.2 Å². The van der Waals surface area contributed by atoms with Gasteiger partial charge in [-0.1, -0.05) is 0 Å². The van der Waals surface area contributed by atoms with Crippen molar-refractivity contribution in [3.05, 3.63) is 35.7 Å². The van der Waals surface area contributed by atoms with Crippen LogP contribution in [0.2, 0.25) is 0 Å². The normalized spacial score (nSPS) is 24.7. The molecule has 0 unspecified atom stereocenters. The van der Waals surface area contributed by atoms with E-state index >= 15 is 0 Å². The fraction of sp³-hybridized carbons (Fsp3) is 0.556. The maximum Gasteiger partial charge on any atom is 0.226 e. The number of pyridine rings is 1. The number of fused-ring (bicyclic) bond motifs is 1. The van der Waals surface area contributed by atoms with Gasteiger partial charge in [0.05, 0.1) is 18.3 Å². The standard InChI is InChI=1S/C18H23N5O3/c1-11-3-4-15(9-19-11)26-10-16-20-21-17-12(2)22(5-6-23(16)17)18(25)13-7-14(24)8-13/h3-4,9,12-14,24H,5-8,10H2,1-2H3/t12-,13?,14?/m1/s1. The fourth-order valence-corrected chi connectivity index (χ4v) is 3.56. The van der Waals surface area contributed by atoms with Gasteiger partial charge in [-0.25, -0.2) is 0 Å². The van der Waals surface area contributed by atoms with Crippen molar-refractivity contribution >= 4 is 5.91 Å². The second-order valence-corrected chi connectivity index (χ2v) is 7.08. The highest BCUT2D eigenvalue weighted by molar-refractivity contribution is 5.80. The Labute approximate surface area is 151 Å². The molecule has 1 aliphatic carbocycles. The number of aryl methyl sites for hydroxylation is 1. The molecule has 1 aliphatic heterocycles.